The molecule has 3 rings (SSSR count). The third-order valence-electron chi connectivity index (χ3n) is 4.45. The maximum Gasteiger partial charge on any atom is 0.246 e. The van der Waals surface area contributed by atoms with Gasteiger partial charge < -0.3 is 10.8 Å². The van der Waals surface area contributed by atoms with E-state index in [1.165, 1.54) is 0 Å². The number of fused-ring (bicyclic) bond motifs is 1. The molecule has 1 aromatic carbocycles. The van der Waals surface area contributed by atoms with Crippen LogP contribution in [-0.4, -0.2) is 37.0 Å². The summed E-state index contributed by atoms with van der Waals surface area (Å²) in [6.07, 6.45) is 0.908. The molecule has 1 aromatic rings. The van der Waals surface area contributed by atoms with E-state index in [-0.39, 0.29) is 24.9 Å². The molecule has 0 radical (unpaired) electrons. The Bertz CT molecular complexity index is 680. The van der Waals surface area contributed by atoms with Crippen LogP contribution in [0.4, 0.5) is 14.5 Å². The van der Waals surface area contributed by atoms with Crippen LogP contribution in [0, 0.1) is 23.5 Å². The molecular formula is C13H16F2N2O3S. The predicted molar refractivity (Wildman–Crippen MR) is 71.8 cm³/mol. The Kier molecular flexibility index (Phi) is 3.42. The zero-order valence-corrected chi connectivity index (χ0v) is 12.0. The highest BCUT2D eigenvalue weighted by atomic mass is 32.2. The molecule has 0 bridgehead atoms. The van der Waals surface area contributed by atoms with Crippen molar-refractivity contribution in [2.24, 2.45) is 11.8 Å². The summed E-state index contributed by atoms with van der Waals surface area (Å²) in [6, 6.07) is 1.29. The fourth-order valence-corrected chi connectivity index (χ4v) is 4.89. The predicted octanol–water partition coefficient (Wildman–Crippen LogP) is 0.938. The van der Waals surface area contributed by atoms with Crippen molar-refractivity contribution < 1.29 is 22.3 Å². The monoisotopic (exact) mass is 318 g/mol. The van der Waals surface area contributed by atoms with Crippen LogP contribution in [0.1, 0.15) is 12.8 Å². The van der Waals surface area contributed by atoms with Crippen molar-refractivity contribution >= 4 is 15.7 Å². The van der Waals surface area contributed by atoms with Gasteiger partial charge in [-0.1, -0.05) is 0 Å². The summed E-state index contributed by atoms with van der Waals surface area (Å²) in [6.45, 7) is 0.408. The molecule has 3 atom stereocenters. The molecule has 1 aliphatic heterocycles. The van der Waals surface area contributed by atoms with Gasteiger partial charge in [0.1, 0.15) is 16.5 Å². The van der Waals surface area contributed by atoms with Crippen LogP contribution in [0.2, 0.25) is 0 Å². The molecule has 21 heavy (non-hydrogen) atoms. The lowest BCUT2D eigenvalue weighted by molar-refractivity contribution is 0.129. The van der Waals surface area contributed by atoms with Crippen molar-refractivity contribution in [3.05, 3.63) is 23.8 Å². The molecule has 0 aromatic heterocycles. The average molecular weight is 318 g/mol. The van der Waals surface area contributed by atoms with E-state index in [4.69, 9.17) is 5.73 Å². The van der Waals surface area contributed by atoms with Crippen molar-refractivity contribution in [3.63, 3.8) is 0 Å². The number of nitrogens with zero attached hydrogens (tertiary/aromatic N) is 1. The van der Waals surface area contributed by atoms with E-state index in [9.17, 15) is 22.3 Å². The van der Waals surface area contributed by atoms with Crippen LogP contribution in [0.25, 0.3) is 0 Å². The van der Waals surface area contributed by atoms with Gasteiger partial charge >= 0.3 is 0 Å². The molecule has 3 N–H and O–H groups in total. The summed E-state index contributed by atoms with van der Waals surface area (Å²) in [7, 11) is -4.07. The van der Waals surface area contributed by atoms with E-state index in [0.29, 0.717) is 12.5 Å². The Balaban J connectivity index is 1.94. The molecule has 1 saturated carbocycles. The zero-order chi connectivity index (χ0) is 15.4. The topological polar surface area (TPSA) is 83.6 Å². The van der Waals surface area contributed by atoms with E-state index >= 15 is 0 Å². The molecule has 3 unspecified atom stereocenters. The van der Waals surface area contributed by atoms with Gasteiger partial charge in [0.15, 0.2) is 0 Å². The zero-order valence-electron chi connectivity index (χ0n) is 11.2. The van der Waals surface area contributed by atoms with E-state index in [1.807, 2.05) is 0 Å². The SMILES string of the molecule is Nc1cc(S(=O)(=O)N2CC3CCC(O)C3C2)c(F)cc1F. The molecule has 0 spiro atoms. The number of aliphatic hydroxyl groups is 1. The first-order valence-corrected chi connectivity index (χ1v) is 8.17. The van der Waals surface area contributed by atoms with Crippen LogP contribution < -0.4 is 5.73 Å². The molecule has 1 heterocycles. The molecule has 2 aliphatic rings. The Morgan fingerprint density at radius 3 is 2.57 bits per heavy atom. The summed E-state index contributed by atoms with van der Waals surface area (Å²) < 4.78 is 53.1. The number of aliphatic hydroxyl groups excluding tert-OH is 1. The van der Waals surface area contributed by atoms with Crippen LogP contribution in [0.15, 0.2) is 17.0 Å². The number of benzene rings is 1. The number of hydrogen-bond donors (Lipinski definition) is 2. The van der Waals surface area contributed by atoms with Gasteiger partial charge in [0.25, 0.3) is 0 Å². The smallest absolute Gasteiger partial charge is 0.246 e. The van der Waals surface area contributed by atoms with Gasteiger partial charge in [-0.15, -0.1) is 0 Å². The lowest BCUT2D eigenvalue weighted by Gasteiger charge is -2.19. The third-order valence-corrected chi connectivity index (χ3v) is 6.30. The molecular weight excluding hydrogens is 302 g/mol. The van der Waals surface area contributed by atoms with E-state index in [0.717, 1.165) is 16.8 Å². The standard InChI is InChI=1S/C13H16F2N2O3S/c14-9-3-10(15)13(4-11(9)16)21(19,20)17-5-7-1-2-12(18)8(7)6-17/h3-4,7-8,12,18H,1-2,5-6,16H2. The van der Waals surface area contributed by atoms with Gasteiger partial charge in [-0.25, -0.2) is 17.2 Å². The minimum atomic E-state index is -4.07. The minimum absolute atomic E-state index is 0.0932. The highest BCUT2D eigenvalue weighted by molar-refractivity contribution is 7.89. The summed E-state index contributed by atoms with van der Waals surface area (Å²) >= 11 is 0. The first kappa shape index (κ1) is 14.7. The van der Waals surface area contributed by atoms with Crippen LogP contribution in [0.3, 0.4) is 0 Å². The number of nitrogens with two attached hydrogens (primary N) is 1. The molecule has 1 aliphatic carbocycles. The van der Waals surface area contributed by atoms with Gasteiger partial charge in [-0.05, 0) is 24.8 Å². The fraction of sp³-hybridized carbons (Fsp3) is 0.538. The highest BCUT2D eigenvalue weighted by Gasteiger charge is 2.46. The van der Waals surface area contributed by atoms with E-state index < -0.39 is 38.3 Å². The van der Waals surface area contributed by atoms with Crippen LogP contribution in [0.5, 0.6) is 0 Å². The van der Waals surface area contributed by atoms with Crippen molar-refractivity contribution in [2.75, 3.05) is 18.8 Å². The largest absolute Gasteiger partial charge is 0.396 e. The van der Waals surface area contributed by atoms with Crippen LogP contribution in [-0.2, 0) is 10.0 Å². The first-order chi connectivity index (χ1) is 9.80. The molecule has 2 fully saturated rings. The molecule has 5 nitrogen and oxygen atoms in total. The van der Waals surface area contributed by atoms with Gasteiger partial charge in [0.05, 0.1) is 11.8 Å². The molecule has 1 saturated heterocycles. The summed E-state index contributed by atoms with van der Waals surface area (Å²) in [5.74, 6) is -2.16. The van der Waals surface area contributed by atoms with Crippen molar-refractivity contribution in [3.8, 4) is 0 Å². The molecule has 116 valence electrons. The number of nitrogen functional groups attached to an aromatic ring is 1. The maximum atomic E-state index is 13.8. The quantitative estimate of drug-likeness (QED) is 0.795. The number of hydrogen-bond acceptors (Lipinski definition) is 4. The van der Waals surface area contributed by atoms with Gasteiger partial charge in [-0.2, -0.15) is 4.31 Å². The average Bonchev–Trinajstić information content (AvgIpc) is 2.97. The second-order valence-electron chi connectivity index (χ2n) is 5.69. The molecule has 0 amide bonds. The van der Waals surface area contributed by atoms with Gasteiger partial charge in [-0.3, -0.25) is 0 Å². The lowest BCUT2D eigenvalue weighted by Crippen LogP contribution is -2.31. The third kappa shape index (κ3) is 2.31. The number of rotatable bonds is 2. The Hall–Kier alpha value is -1.25. The summed E-state index contributed by atoms with van der Waals surface area (Å²) in [4.78, 5) is -0.615. The van der Waals surface area contributed by atoms with Crippen molar-refractivity contribution in [1.82, 2.24) is 4.31 Å². The summed E-state index contributed by atoms with van der Waals surface area (Å²) in [5, 5.41) is 9.82. The Labute approximate surface area is 121 Å². The fourth-order valence-electron chi connectivity index (χ4n) is 3.27. The van der Waals surface area contributed by atoms with Crippen LogP contribution >= 0.6 is 0 Å². The molecule has 8 heteroatoms. The van der Waals surface area contributed by atoms with E-state index in [2.05, 4.69) is 0 Å². The minimum Gasteiger partial charge on any atom is -0.396 e. The normalized spacial score (nSPS) is 29.8. The first-order valence-electron chi connectivity index (χ1n) is 6.73. The van der Waals surface area contributed by atoms with Gasteiger partial charge in [0.2, 0.25) is 10.0 Å². The van der Waals surface area contributed by atoms with E-state index in [1.54, 1.807) is 0 Å². The number of anilines is 1. The number of halogens is 2. The maximum absolute atomic E-state index is 13.8. The van der Waals surface area contributed by atoms with Crippen molar-refractivity contribution in [1.29, 1.82) is 0 Å². The summed E-state index contributed by atoms with van der Waals surface area (Å²) in [5.41, 5.74) is 4.93. The Morgan fingerprint density at radius 2 is 1.90 bits per heavy atom. The second kappa shape index (κ2) is 4.89. The Morgan fingerprint density at radius 1 is 1.19 bits per heavy atom. The second-order valence-corrected chi connectivity index (χ2v) is 7.60. The number of sulfonamides is 1. The van der Waals surface area contributed by atoms with Crippen molar-refractivity contribution in [2.45, 2.75) is 23.8 Å². The van der Waals surface area contributed by atoms with Gasteiger partial charge in [0, 0.05) is 25.1 Å². The lowest BCUT2D eigenvalue weighted by atomic mass is 10.00. The highest BCUT2D eigenvalue weighted by Crippen LogP contribution is 2.40.